The van der Waals surface area contributed by atoms with Crippen LogP contribution in [0.2, 0.25) is 15.1 Å². The van der Waals surface area contributed by atoms with E-state index >= 15 is 0 Å². The fourth-order valence-electron chi connectivity index (χ4n) is 3.03. The van der Waals surface area contributed by atoms with Crippen molar-refractivity contribution in [1.82, 2.24) is 5.43 Å². The Balaban J connectivity index is 1.48. The van der Waals surface area contributed by atoms with Crippen molar-refractivity contribution in [1.29, 1.82) is 0 Å². The summed E-state index contributed by atoms with van der Waals surface area (Å²) in [7, 11) is 1.52. The second kappa shape index (κ2) is 13.2. The van der Waals surface area contributed by atoms with Gasteiger partial charge < -0.3 is 14.8 Å². The van der Waals surface area contributed by atoms with E-state index in [-0.39, 0.29) is 25.4 Å². The molecule has 0 saturated heterocycles. The second-order valence-electron chi connectivity index (χ2n) is 7.74. The molecule has 0 spiro atoms. The topological polar surface area (TPSA) is 89.0 Å². The lowest BCUT2D eigenvalue weighted by atomic mass is 10.2. The largest absolute Gasteiger partial charge is 0.493 e. The molecule has 0 heterocycles. The van der Waals surface area contributed by atoms with E-state index in [4.69, 9.17) is 44.3 Å². The highest BCUT2D eigenvalue weighted by molar-refractivity contribution is 6.35. The Bertz CT molecular complexity index is 1280. The first-order valence-electron chi connectivity index (χ1n) is 10.9. The van der Waals surface area contributed by atoms with E-state index in [9.17, 15) is 9.59 Å². The van der Waals surface area contributed by atoms with Crippen molar-refractivity contribution in [3.63, 3.8) is 0 Å². The molecule has 0 aliphatic carbocycles. The molecule has 0 radical (unpaired) electrons. The number of rotatable bonds is 10. The van der Waals surface area contributed by atoms with Crippen LogP contribution in [-0.4, -0.2) is 25.1 Å². The Labute approximate surface area is 224 Å². The third kappa shape index (κ3) is 8.16. The number of carbonyl (C=O) groups is 2. The van der Waals surface area contributed by atoms with Crippen LogP contribution >= 0.6 is 34.8 Å². The molecule has 3 rings (SSSR count). The van der Waals surface area contributed by atoms with Crippen molar-refractivity contribution in [3.8, 4) is 11.5 Å². The Morgan fingerprint density at radius 1 is 0.917 bits per heavy atom. The molecule has 10 heteroatoms. The van der Waals surface area contributed by atoms with Gasteiger partial charge in [0.15, 0.2) is 11.5 Å². The average molecular weight is 549 g/mol. The first kappa shape index (κ1) is 27.3. The SMILES string of the molecule is COc1cc(C=NNC(=O)CCC(=O)Nc2ccc(C)c(Cl)c2)ccc1OCc1ccc(Cl)cc1Cl. The number of nitrogens with zero attached hydrogens (tertiary/aromatic N) is 1. The lowest BCUT2D eigenvalue weighted by Gasteiger charge is -2.12. The third-order valence-electron chi connectivity index (χ3n) is 5.02. The molecule has 0 aliphatic heterocycles. The predicted molar refractivity (Wildman–Crippen MR) is 144 cm³/mol. The van der Waals surface area contributed by atoms with E-state index in [2.05, 4.69) is 15.8 Å². The number of benzene rings is 3. The molecular formula is C26H24Cl3N3O4. The van der Waals surface area contributed by atoms with E-state index in [1.54, 1.807) is 48.5 Å². The Morgan fingerprint density at radius 2 is 1.69 bits per heavy atom. The normalized spacial score (nSPS) is 10.8. The molecule has 7 nitrogen and oxygen atoms in total. The summed E-state index contributed by atoms with van der Waals surface area (Å²) in [6.07, 6.45) is 1.45. The Hall–Kier alpha value is -3.26. The molecule has 0 bridgehead atoms. The zero-order valence-corrected chi connectivity index (χ0v) is 21.9. The van der Waals surface area contributed by atoms with Crippen molar-refractivity contribution in [2.24, 2.45) is 5.10 Å². The second-order valence-corrected chi connectivity index (χ2v) is 8.99. The quantitative estimate of drug-likeness (QED) is 0.226. The fourth-order valence-corrected chi connectivity index (χ4v) is 3.68. The summed E-state index contributed by atoms with van der Waals surface area (Å²) >= 11 is 18.2. The minimum absolute atomic E-state index is 0.00431. The van der Waals surface area contributed by atoms with Crippen LogP contribution in [-0.2, 0) is 16.2 Å². The number of nitrogens with one attached hydrogen (secondary N) is 2. The minimum atomic E-state index is -0.393. The molecule has 0 saturated carbocycles. The van der Waals surface area contributed by atoms with E-state index in [1.807, 2.05) is 13.0 Å². The maximum Gasteiger partial charge on any atom is 0.240 e. The van der Waals surface area contributed by atoms with Gasteiger partial charge in [0, 0.05) is 39.2 Å². The standard InChI is InChI=1S/C26H24Cl3N3O4/c1-16-3-7-20(13-21(16)28)31-25(33)9-10-26(34)32-30-14-17-4-8-23(24(11-17)35-2)36-15-18-5-6-19(27)12-22(18)29/h3-8,11-14H,9-10,15H2,1-2H3,(H,31,33)(H,32,34). The Morgan fingerprint density at radius 3 is 2.42 bits per heavy atom. The van der Waals surface area contributed by atoms with Crippen molar-refractivity contribution < 1.29 is 19.1 Å². The smallest absolute Gasteiger partial charge is 0.240 e. The van der Waals surface area contributed by atoms with Gasteiger partial charge in [0.25, 0.3) is 0 Å². The van der Waals surface area contributed by atoms with Crippen LogP contribution in [0.25, 0.3) is 0 Å². The van der Waals surface area contributed by atoms with Gasteiger partial charge in [-0.25, -0.2) is 5.43 Å². The lowest BCUT2D eigenvalue weighted by molar-refractivity contribution is -0.124. The molecule has 36 heavy (non-hydrogen) atoms. The Kier molecular flexibility index (Phi) is 9.99. The van der Waals surface area contributed by atoms with Gasteiger partial charge >= 0.3 is 0 Å². The van der Waals surface area contributed by atoms with Gasteiger partial charge in [-0.1, -0.05) is 46.9 Å². The first-order valence-corrected chi connectivity index (χ1v) is 12.0. The van der Waals surface area contributed by atoms with Crippen molar-refractivity contribution in [2.45, 2.75) is 26.4 Å². The number of aryl methyl sites for hydroxylation is 1. The number of methoxy groups -OCH3 is 1. The fraction of sp³-hybridized carbons (Fsp3) is 0.192. The molecule has 3 aromatic rings. The van der Waals surface area contributed by atoms with Crippen molar-refractivity contribution in [3.05, 3.63) is 86.4 Å². The molecule has 3 aromatic carbocycles. The maximum atomic E-state index is 12.1. The molecule has 0 aliphatic rings. The molecule has 0 fully saturated rings. The van der Waals surface area contributed by atoms with Gasteiger partial charge in [0.2, 0.25) is 11.8 Å². The van der Waals surface area contributed by atoms with Gasteiger partial charge in [0.1, 0.15) is 6.61 Å². The van der Waals surface area contributed by atoms with Crippen LogP contribution in [0.5, 0.6) is 11.5 Å². The lowest BCUT2D eigenvalue weighted by Crippen LogP contribution is -2.20. The van der Waals surface area contributed by atoms with Gasteiger partial charge in [-0.2, -0.15) is 5.10 Å². The number of hydrogen-bond acceptors (Lipinski definition) is 5. The molecule has 0 aromatic heterocycles. The zero-order chi connectivity index (χ0) is 26.1. The summed E-state index contributed by atoms with van der Waals surface area (Å²) in [5.41, 5.74) is 5.36. The van der Waals surface area contributed by atoms with Crippen molar-refractivity contribution in [2.75, 3.05) is 12.4 Å². The zero-order valence-electron chi connectivity index (χ0n) is 19.6. The highest BCUT2D eigenvalue weighted by Gasteiger charge is 2.09. The van der Waals surface area contributed by atoms with Gasteiger partial charge in [-0.15, -0.1) is 0 Å². The number of ether oxygens (including phenoxy) is 2. The van der Waals surface area contributed by atoms with Crippen molar-refractivity contribution >= 4 is 58.5 Å². The first-order chi connectivity index (χ1) is 17.2. The predicted octanol–water partition coefficient (Wildman–Crippen LogP) is 6.41. The molecule has 2 amide bonds. The molecular weight excluding hydrogens is 525 g/mol. The third-order valence-corrected chi connectivity index (χ3v) is 6.02. The molecule has 188 valence electrons. The maximum absolute atomic E-state index is 12.1. The summed E-state index contributed by atoms with van der Waals surface area (Å²) in [6.45, 7) is 2.11. The molecule has 2 N–H and O–H groups in total. The van der Waals surface area contributed by atoms with Crippen LogP contribution < -0.4 is 20.2 Å². The van der Waals surface area contributed by atoms with E-state index in [1.165, 1.54) is 13.3 Å². The van der Waals surface area contributed by atoms with Crippen LogP contribution in [0.1, 0.15) is 29.5 Å². The van der Waals surface area contributed by atoms with E-state index < -0.39 is 5.91 Å². The molecule has 0 atom stereocenters. The monoisotopic (exact) mass is 547 g/mol. The van der Waals surface area contributed by atoms with Crippen LogP contribution in [0.4, 0.5) is 5.69 Å². The summed E-state index contributed by atoms with van der Waals surface area (Å²) < 4.78 is 11.2. The van der Waals surface area contributed by atoms with Gasteiger partial charge in [-0.05, 0) is 60.5 Å². The number of amides is 2. The number of carbonyl (C=O) groups excluding carboxylic acids is 2. The number of halogens is 3. The summed E-state index contributed by atoms with van der Waals surface area (Å²) in [5, 5.41) is 8.27. The van der Waals surface area contributed by atoms with Crippen LogP contribution in [0, 0.1) is 6.92 Å². The van der Waals surface area contributed by atoms with Gasteiger partial charge in [-0.3, -0.25) is 9.59 Å². The van der Waals surface area contributed by atoms with Crippen LogP contribution in [0.15, 0.2) is 59.7 Å². The summed E-state index contributed by atoms with van der Waals surface area (Å²) in [4.78, 5) is 24.1. The van der Waals surface area contributed by atoms with Gasteiger partial charge in [0.05, 0.1) is 13.3 Å². The summed E-state index contributed by atoms with van der Waals surface area (Å²) in [5.74, 6) is 0.318. The highest BCUT2D eigenvalue weighted by Crippen LogP contribution is 2.30. The average Bonchev–Trinajstić information content (AvgIpc) is 2.85. The highest BCUT2D eigenvalue weighted by atomic mass is 35.5. The number of anilines is 1. The minimum Gasteiger partial charge on any atom is -0.493 e. The molecule has 0 unspecified atom stereocenters. The summed E-state index contributed by atoms with van der Waals surface area (Å²) in [6, 6.07) is 15.6. The number of hydrazone groups is 1. The number of hydrogen-bond donors (Lipinski definition) is 2. The van der Waals surface area contributed by atoms with E-state index in [0.29, 0.717) is 37.8 Å². The van der Waals surface area contributed by atoms with Crippen LogP contribution in [0.3, 0.4) is 0 Å². The van der Waals surface area contributed by atoms with E-state index in [0.717, 1.165) is 11.1 Å².